The van der Waals surface area contributed by atoms with Gasteiger partial charge in [-0.2, -0.15) is 4.52 Å². The van der Waals surface area contributed by atoms with Crippen molar-refractivity contribution >= 4 is 51.0 Å². The average Bonchev–Trinajstić information content (AvgIpc) is 3.22. The molecular weight excluding hydrogens is 531 g/mol. The van der Waals surface area contributed by atoms with Crippen molar-refractivity contribution in [1.82, 2.24) is 29.5 Å². The lowest BCUT2D eigenvalue weighted by Gasteiger charge is -2.36. The molecule has 11 heteroatoms. The quantitative estimate of drug-likeness (QED) is 0.233. The van der Waals surface area contributed by atoms with Gasteiger partial charge in [-0.1, -0.05) is 22.6 Å². The van der Waals surface area contributed by atoms with E-state index in [4.69, 9.17) is 5.73 Å². The molecule has 1 amide bonds. The first-order valence-electron chi connectivity index (χ1n) is 10.0. The highest BCUT2D eigenvalue weighted by Gasteiger charge is 2.33. The van der Waals surface area contributed by atoms with E-state index in [1.165, 1.54) is 10.6 Å². The fourth-order valence-electron chi connectivity index (χ4n) is 3.97. The van der Waals surface area contributed by atoms with Crippen molar-refractivity contribution in [2.75, 3.05) is 12.3 Å². The highest BCUT2D eigenvalue weighted by atomic mass is 127. The molecule has 164 valence electrons. The van der Waals surface area contributed by atoms with E-state index < -0.39 is 11.6 Å². The molecule has 1 aliphatic rings. The van der Waals surface area contributed by atoms with Gasteiger partial charge in [-0.3, -0.25) is 9.78 Å². The highest BCUT2D eigenvalue weighted by molar-refractivity contribution is 14.1. The standard InChI is InChI=1S/C21H18F2IN7O/c1-10-2-3-11(8-26-10)20(32)30-9-12(4-5-16(30)24)18-28-19-14-6-13(22)7-15(23)17(14)27-21(25)31(19)29-18/h2-3,6-8,12,16H,4-5,9H2,1H3,(H2,25,27)/t12-,16-/m1/s1. The van der Waals surface area contributed by atoms with Crippen LogP contribution in [0, 0.1) is 18.6 Å². The SMILES string of the molecule is Cc1ccc(C(=O)N2C[C@H](c3nc4c5cc(F)cc(F)c5nc(N)n4n3)CC[C@@H]2I)cn1. The zero-order chi connectivity index (χ0) is 22.6. The fraction of sp³-hybridized carbons (Fsp3) is 0.286. The van der Waals surface area contributed by atoms with Crippen molar-refractivity contribution in [1.29, 1.82) is 0 Å². The van der Waals surface area contributed by atoms with Gasteiger partial charge >= 0.3 is 0 Å². The van der Waals surface area contributed by atoms with Crippen molar-refractivity contribution in [3.05, 3.63) is 59.2 Å². The first-order valence-corrected chi connectivity index (χ1v) is 11.2. The molecule has 1 fully saturated rings. The summed E-state index contributed by atoms with van der Waals surface area (Å²) in [6.45, 7) is 2.27. The van der Waals surface area contributed by atoms with Gasteiger partial charge in [0.2, 0.25) is 5.95 Å². The molecule has 0 bridgehead atoms. The largest absolute Gasteiger partial charge is 0.368 e. The highest BCUT2D eigenvalue weighted by Crippen LogP contribution is 2.33. The lowest BCUT2D eigenvalue weighted by atomic mass is 9.97. The summed E-state index contributed by atoms with van der Waals surface area (Å²) in [5, 5.41) is 4.66. The van der Waals surface area contributed by atoms with Crippen molar-refractivity contribution in [2.24, 2.45) is 0 Å². The molecule has 1 aliphatic heterocycles. The van der Waals surface area contributed by atoms with E-state index in [1.807, 2.05) is 6.92 Å². The molecule has 2 N–H and O–H groups in total. The predicted molar refractivity (Wildman–Crippen MR) is 122 cm³/mol. The average molecular weight is 549 g/mol. The third-order valence-electron chi connectivity index (χ3n) is 5.63. The topological polar surface area (TPSA) is 102 Å². The number of aryl methyl sites for hydroxylation is 1. The van der Waals surface area contributed by atoms with Crippen molar-refractivity contribution in [3.8, 4) is 0 Å². The van der Waals surface area contributed by atoms with E-state index in [2.05, 4.69) is 42.6 Å². The Morgan fingerprint density at radius 3 is 2.78 bits per heavy atom. The minimum Gasteiger partial charge on any atom is -0.368 e. The Bertz CT molecular complexity index is 1360. The Morgan fingerprint density at radius 1 is 1.22 bits per heavy atom. The molecule has 0 spiro atoms. The van der Waals surface area contributed by atoms with Gasteiger partial charge < -0.3 is 10.6 Å². The minimum atomic E-state index is -0.812. The van der Waals surface area contributed by atoms with Crippen LogP contribution < -0.4 is 5.73 Å². The smallest absolute Gasteiger partial charge is 0.256 e. The lowest BCUT2D eigenvalue weighted by molar-refractivity contribution is 0.0688. The maximum atomic E-state index is 14.2. The number of piperidine rings is 1. The number of alkyl halides is 1. The second-order valence-corrected chi connectivity index (χ2v) is 9.25. The van der Waals surface area contributed by atoms with Crippen LogP contribution in [0.15, 0.2) is 30.5 Å². The van der Waals surface area contributed by atoms with Gasteiger partial charge in [-0.15, -0.1) is 5.10 Å². The Labute approximate surface area is 195 Å². The predicted octanol–water partition coefficient (Wildman–Crippen LogP) is 3.62. The molecule has 3 aromatic heterocycles. The number of carbonyl (C=O) groups excluding carboxylic acids is 1. The van der Waals surface area contributed by atoms with Gasteiger partial charge in [0.25, 0.3) is 5.91 Å². The van der Waals surface area contributed by atoms with Crippen LogP contribution in [0.1, 0.15) is 40.6 Å². The van der Waals surface area contributed by atoms with E-state index in [0.717, 1.165) is 24.6 Å². The Kier molecular flexibility index (Phi) is 5.14. The summed E-state index contributed by atoms with van der Waals surface area (Å²) >= 11 is 2.26. The molecule has 8 nitrogen and oxygen atoms in total. The lowest BCUT2D eigenvalue weighted by Crippen LogP contribution is -2.43. The number of fused-ring (bicyclic) bond motifs is 3. The molecule has 0 aliphatic carbocycles. The van der Waals surface area contributed by atoms with Crippen LogP contribution in [0.25, 0.3) is 16.6 Å². The van der Waals surface area contributed by atoms with E-state index in [1.54, 1.807) is 23.2 Å². The molecule has 5 rings (SSSR count). The van der Waals surface area contributed by atoms with Crippen LogP contribution in [-0.2, 0) is 0 Å². The van der Waals surface area contributed by atoms with E-state index in [0.29, 0.717) is 17.9 Å². The number of nitrogen functional groups attached to an aromatic ring is 1. The summed E-state index contributed by atoms with van der Waals surface area (Å²) in [6.07, 6.45) is 3.09. The maximum absolute atomic E-state index is 14.2. The number of hydrogen-bond acceptors (Lipinski definition) is 6. The normalized spacial score (nSPS) is 19.1. The van der Waals surface area contributed by atoms with Crippen molar-refractivity contribution in [2.45, 2.75) is 29.7 Å². The van der Waals surface area contributed by atoms with E-state index in [9.17, 15) is 13.6 Å². The zero-order valence-corrected chi connectivity index (χ0v) is 19.1. The summed E-state index contributed by atoms with van der Waals surface area (Å²) < 4.78 is 29.4. The summed E-state index contributed by atoms with van der Waals surface area (Å²) in [6, 6.07) is 5.50. The Morgan fingerprint density at radius 2 is 2.03 bits per heavy atom. The van der Waals surface area contributed by atoms with Crippen LogP contribution >= 0.6 is 22.6 Å². The van der Waals surface area contributed by atoms with Crippen molar-refractivity contribution < 1.29 is 13.6 Å². The van der Waals surface area contributed by atoms with Crippen molar-refractivity contribution in [3.63, 3.8) is 0 Å². The molecule has 1 saturated heterocycles. The Balaban J connectivity index is 1.52. The number of nitrogens with zero attached hydrogens (tertiary/aromatic N) is 6. The molecule has 4 heterocycles. The van der Waals surface area contributed by atoms with Crippen LogP contribution in [0.4, 0.5) is 14.7 Å². The monoisotopic (exact) mass is 549 g/mol. The first kappa shape index (κ1) is 20.9. The van der Waals surface area contributed by atoms with Crippen LogP contribution in [0.5, 0.6) is 0 Å². The number of hydrogen-bond donors (Lipinski definition) is 1. The molecule has 1 aromatic carbocycles. The molecule has 4 aromatic rings. The van der Waals surface area contributed by atoms with Crippen LogP contribution in [0.3, 0.4) is 0 Å². The van der Waals surface area contributed by atoms with Gasteiger partial charge in [-0.05, 0) is 38.0 Å². The number of halogens is 3. The number of rotatable bonds is 2. The molecule has 32 heavy (non-hydrogen) atoms. The van der Waals surface area contributed by atoms with Gasteiger partial charge in [0, 0.05) is 30.4 Å². The summed E-state index contributed by atoms with van der Waals surface area (Å²) in [4.78, 5) is 27.7. The summed E-state index contributed by atoms with van der Waals surface area (Å²) in [5.41, 5.74) is 7.51. The number of carbonyl (C=O) groups is 1. The fourth-order valence-corrected chi connectivity index (χ4v) is 4.81. The minimum absolute atomic E-state index is 0.0189. The summed E-state index contributed by atoms with van der Waals surface area (Å²) in [5.74, 6) is -1.40. The second-order valence-electron chi connectivity index (χ2n) is 7.81. The maximum Gasteiger partial charge on any atom is 0.256 e. The third-order valence-corrected chi connectivity index (χ3v) is 6.92. The number of benzene rings is 1. The van der Waals surface area contributed by atoms with Crippen LogP contribution in [0.2, 0.25) is 0 Å². The first-order chi connectivity index (χ1) is 15.3. The zero-order valence-electron chi connectivity index (χ0n) is 17.0. The number of aromatic nitrogens is 5. The molecular formula is C21H18F2IN7O. The number of pyridine rings is 1. The van der Waals surface area contributed by atoms with E-state index in [-0.39, 0.29) is 38.4 Å². The summed E-state index contributed by atoms with van der Waals surface area (Å²) in [7, 11) is 0. The van der Waals surface area contributed by atoms with Crippen LogP contribution in [-0.4, -0.2) is 46.0 Å². The number of anilines is 1. The number of amides is 1. The number of likely N-dealkylation sites (tertiary alicyclic amines) is 1. The van der Waals surface area contributed by atoms with Gasteiger partial charge in [0.15, 0.2) is 17.3 Å². The third kappa shape index (κ3) is 3.53. The molecule has 0 radical (unpaired) electrons. The Hall–Kier alpha value is -2.96. The van der Waals surface area contributed by atoms with Gasteiger partial charge in [0.1, 0.15) is 11.3 Å². The molecule has 0 saturated carbocycles. The second kappa shape index (κ2) is 7.87. The molecule has 2 atom stereocenters. The van der Waals surface area contributed by atoms with E-state index >= 15 is 0 Å². The molecule has 0 unspecified atom stereocenters. The number of nitrogens with two attached hydrogens (primary N) is 1. The van der Waals surface area contributed by atoms with Gasteiger partial charge in [0.05, 0.1) is 15.0 Å². The van der Waals surface area contributed by atoms with Gasteiger partial charge in [-0.25, -0.2) is 18.7 Å².